The molecule has 1 aliphatic heterocycles. The summed E-state index contributed by atoms with van der Waals surface area (Å²) < 4.78 is 4.94. The van der Waals surface area contributed by atoms with Gasteiger partial charge in [-0.05, 0) is 25.2 Å². The highest BCUT2D eigenvalue weighted by atomic mass is 32.1. The molecule has 0 saturated carbocycles. The summed E-state index contributed by atoms with van der Waals surface area (Å²) in [5.74, 6) is 1.29. The molecule has 106 valence electrons. The molecule has 0 radical (unpaired) electrons. The average Bonchev–Trinajstić information content (AvgIpc) is 2.96. The summed E-state index contributed by atoms with van der Waals surface area (Å²) in [4.78, 5) is 18.3. The van der Waals surface area contributed by atoms with Crippen LogP contribution in [0.2, 0.25) is 0 Å². The van der Waals surface area contributed by atoms with Gasteiger partial charge in [0.15, 0.2) is 5.13 Å². The Morgan fingerprint density at radius 1 is 1.63 bits per heavy atom. The van der Waals surface area contributed by atoms with Crippen molar-refractivity contribution in [3.8, 4) is 0 Å². The highest BCUT2D eigenvalue weighted by molar-refractivity contribution is 7.13. The lowest BCUT2D eigenvalue weighted by atomic mass is 9.95. The molecule has 1 unspecified atom stereocenters. The van der Waals surface area contributed by atoms with Crippen molar-refractivity contribution >= 4 is 22.4 Å². The Morgan fingerprint density at radius 3 is 3.05 bits per heavy atom. The van der Waals surface area contributed by atoms with Crippen LogP contribution in [0.15, 0.2) is 5.38 Å². The van der Waals surface area contributed by atoms with Gasteiger partial charge >= 0.3 is 5.97 Å². The third kappa shape index (κ3) is 3.69. The van der Waals surface area contributed by atoms with E-state index >= 15 is 0 Å². The largest absolute Gasteiger partial charge is 0.466 e. The first-order chi connectivity index (χ1) is 9.10. The molecule has 1 aromatic rings. The van der Waals surface area contributed by atoms with Crippen molar-refractivity contribution in [1.29, 1.82) is 0 Å². The van der Waals surface area contributed by atoms with Crippen LogP contribution < -0.4 is 4.90 Å². The number of hydrogen-bond donors (Lipinski definition) is 0. The molecule has 1 fully saturated rings. The molecule has 0 amide bonds. The van der Waals surface area contributed by atoms with Gasteiger partial charge in [0.05, 0.1) is 18.7 Å². The van der Waals surface area contributed by atoms with E-state index in [9.17, 15) is 4.79 Å². The summed E-state index contributed by atoms with van der Waals surface area (Å²) in [6.45, 7) is 8.97. The Balaban J connectivity index is 1.92. The zero-order valence-corrected chi connectivity index (χ0v) is 12.7. The Hall–Kier alpha value is -1.10. The van der Waals surface area contributed by atoms with Gasteiger partial charge in [-0.1, -0.05) is 13.8 Å². The molecule has 2 heterocycles. The molecule has 2 rings (SSSR count). The van der Waals surface area contributed by atoms with Gasteiger partial charge in [-0.2, -0.15) is 0 Å². The van der Waals surface area contributed by atoms with Crippen LogP contribution in [0.3, 0.4) is 0 Å². The standard InChI is InChI=1S/C14H22N2O2S/c1-4-18-13(17)7-12-9-19-14(15-12)16-6-5-11(8-16)10(2)3/h9-11H,4-8H2,1-3H3. The maximum atomic E-state index is 11.4. The molecule has 1 atom stereocenters. The van der Waals surface area contributed by atoms with Gasteiger partial charge in [0.25, 0.3) is 0 Å². The number of rotatable bonds is 5. The Labute approximate surface area is 118 Å². The number of aromatic nitrogens is 1. The van der Waals surface area contributed by atoms with E-state index in [4.69, 9.17) is 4.74 Å². The smallest absolute Gasteiger partial charge is 0.311 e. The molecular formula is C14H22N2O2S. The first kappa shape index (κ1) is 14.3. The van der Waals surface area contributed by atoms with Gasteiger partial charge in [0.2, 0.25) is 0 Å². The van der Waals surface area contributed by atoms with E-state index in [1.54, 1.807) is 11.3 Å². The number of thiazole rings is 1. The van der Waals surface area contributed by atoms with E-state index in [-0.39, 0.29) is 12.4 Å². The lowest BCUT2D eigenvalue weighted by Crippen LogP contribution is -2.21. The molecule has 1 saturated heterocycles. The van der Waals surface area contributed by atoms with Crippen molar-refractivity contribution in [3.63, 3.8) is 0 Å². The minimum atomic E-state index is -0.194. The molecular weight excluding hydrogens is 260 g/mol. The molecule has 4 nitrogen and oxygen atoms in total. The Bertz CT molecular complexity index is 431. The summed E-state index contributed by atoms with van der Waals surface area (Å²) in [5.41, 5.74) is 0.825. The molecule has 0 bridgehead atoms. The topological polar surface area (TPSA) is 42.4 Å². The highest BCUT2D eigenvalue weighted by Gasteiger charge is 2.26. The first-order valence-corrected chi connectivity index (χ1v) is 7.83. The third-order valence-electron chi connectivity index (χ3n) is 3.61. The molecule has 19 heavy (non-hydrogen) atoms. The number of ether oxygens (including phenoxy) is 1. The minimum Gasteiger partial charge on any atom is -0.466 e. The fraction of sp³-hybridized carbons (Fsp3) is 0.714. The Morgan fingerprint density at radius 2 is 2.42 bits per heavy atom. The SMILES string of the molecule is CCOC(=O)Cc1csc(N2CCC(C(C)C)C2)n1. The summed E-state index contributed by atoms with van der Waals surface area (Å²) >= 11 is 1.63. The molecule has 1 aromatic heterocycles. The highest BCUT2D eigenvalue weighted by Crippen LogP contribution is 2.30. The lowest BCUT2D eigenvalue weighted by Gasteiger charge is -2.16. The lowest BCUT2D eigenvalue weighted by molar-refractivity contribution is -0.142. The van der Waals surface area contributed by atoms with E-state index in [0.717, 1.165) is 35.8 Å². The first-order valence-electron chi connectivity index (χ1n) is 6.95. The fourth-order valence-corrected chi connectivity index (χ4v) is 3.25. The second kappa shape index (κ2) is 6.37. The van der Waals surface area contributed by atoms with E-state index in [2.05, 4.69) is 23.7 Å². The van der Waals surface area contributed by atoms with Crippen LogP contribution in [0.1, 0.15) is 32.9 Å². The van der Waals surface area contributed by atoms with Crippen LogP contribution in [-0.4, -0.2) is 30.6 Å². The van der Waals surface area contributed by atoms with Gasteiger partial charge in [-0.15, -0.1) is 11.3 Å². The number of hydrogen-bond acceptors (Lipinski definition) is 5. The quantitative estimate of drug-likeness (QED) is 0.779. The van der Waals surface area contributed by atoms with Crippen LogP contribution >= 0.6 is 11.3 Å². The molecule has 5 heteroatoms. The van der Waals surface area contributed by atoms with Gasteiger partial charge in [-0.3, -0.25) is 4.79 Å². The molecule has 0 spiro atoms. The van der Waals surface area contributed by atoms with Crippen molar-refractivity contribution in [3.05, 3.63) is 11.1 Å². The summed E-state index contributed by atoms with van der Waals surface area (Å²) in [7, 11) is 0. The number of anilines is 1. The molecule has 1 aliphatic rings. The van der Waals surface area contributed by atoms with Gasteiger partial charge in [0.1, 0.15) is 0 Å². The second-order valence-electron chi connectivity index (χ2n) is 5.34. The fourth-order valence-electron chi connectivity index (χ4n) is 2.39. The molecule has 0 N–H and O–H groups in total. The number of nitrogens with zero attached hydrogens (tertiary/aromatic N) is 2. The summed E-state index contributed by atoms with van der Waals surface area (Å²) in [6.07, 6.45) is 1.52. The predicted octanol–water partition coefficient (Wildman–Crippen LogP) is 2.73. The van der Waals surface area contributed by atoms with Gasteiger partial charge in [0, 0.05) is 18.5 Å². The van der Waals surface area contributed by atoms with Crippen LogP contribution in [0.25, 0.3) is 0 Å². The third-order valence-corrected chi connectivity index (χ3v) is 4.56. The summed E-state index contributed by atoms with van der Waals surface area (Å²) in [6, 6.07) is 0. The van der Waals surface area contributed by atoms with Crippen molar-refractivity contribution in [2.75, 3.05) is 24.6 Å². The number of carbonyl (C=O) groups excluding carboxylic acids is 1. The maximum Gasteiger partial charge on any atom is 0.311 e. The predicted molar refractivity (Wildman–Crippen MR) is 77.6 cm³/mol. The van der Waals surface area contributed by atoms with Crippen molar-refractivity contribution in [2.24, 2.45) is 11.8 Å². The monoisotopic (exact) mass is 282 g/mol. The minimum absolute atomic E-state index is 0.194. The molecule has 0 aromatic carbocycles. The maximum absolute atomic E-state index is 11.4. The zero-order chi connectivity index (χ0) is 13.8. The van der Waals surface area contributed by atoms with Gasteiger partial charge in [-0.25, -0.2) is 4.98 Å². The van der Waals surface area contributed by atoms with E-state index in [0.29, 0.717) is 6.61 Å². The normalized spacial score (nSPS) is 19.2. The second-order valence-corrected chi connectivity index (χ2v) is 6.18. The van der Waals surface area contributed by atoms with Crippen LogP contribution in [0.4, 0.5) is 5.13 Å². The van der Waals surface area contributed by atoms with E-state index in [1.807, 2.05) is 12.3 Å². The van der Waals surface area contributed by atoms with Crippen molar-refractivity contribution < 1.29 is 9.53 Å². The van der Waals surface area contributed by atoms with Crippen LogP contribution in [-0.2, 0) is 16.0 Å². The van der Waals surface area contributed by atoms with Crippen LogP contribution in [0.5, 0.6) is 0 Å². The van der Waals surface area contributed by atoms with E-state index in [1.165, 1.54) is 6.42 Å². The number of carbonyl (C=O) groups is 1. The Kier molecular flexibility index (Phi) is 4.80. The number of esters is 1. The zero-order valence-electron chi connectivity index (χ0n) is 11.9. The molecule has 0 aliphatic carbocycles. The average molecular weight is 282 g/mol. The van der Waals surface area contributed by atoms with E-state index < -0.39 is 0 Å². The van der Waals surface area contributed by atoms with Crippen molar-refractivity contribution in [1.82, 2.24) is 4.98 Å². The summed E-state index contributed by atoms with van der Waals surface area (Å²) in [5, 5.41) is 3.01. The van der Waals surface area contributed by atoms with Crippen molar-refractivity contribution in [2.45, 2.75) is 33.6 Å². The van der Waals surface area contributed by atoms with Gasteiger partial charge < -0.3 is 9.64 Å². The van der Waals surface area contributed by atoms with Crippen LogP contribution in [0, 0.1) is 11.8 Å².